The van der Waals surface area contributed by atoms with E-state index < -0.39 is 21.9 Å². The second-order valence-electron chi connectivity index (χ2n) is 3.61. The summed E-state index contributed by atoms with van der Waals surface area (Å²) in [5.41, 5.74) is 0.384. The Hall–Kier alpha value is -0.980. The van der Waals surface area contributed by atoms with Crippen LogP contribution in [0.3, 0.4) is 0 Å². The number of hydrogen-bond donors (Lipinski definition) is 2. The fourth-order valence-electron chi connectivity index (χ4n) is 1.05. The van der Waals surface area contributed by atoms with Gasteiger partial charge in [-0.25, -0.2) is 17.5 Å². The number of rotatable bonds is 4. The van der Waals surface area contributed by atoms with Crippen LogP contribution in [0.1, 0.15) is 12.5 Å². The second-order valence-corrected chi connectivity index (χ2v) is 5.38. The summed E-state index contributed by atoms with van der Waals surface area (Å²) in [4.78, 5) is -0.142. The summed E-state index contributed by atoms with van der Waals surface area (Å²) in [6.07, 6.45) is -0.787. The SMILES string of the molecule is Cc1ccc(S(=O)(=O)NCC(C)O)cc1F. The smallest absolute Gasteiger partial charge is 0.240 e. The molecule has 0 aromatic heterocycles. The van der Waals surface area contributed by atoms with Crippen molar-refractivity contribution in [2.24, 2.45) is 0 Å². The van der Waals surface area contributed by atoms with Gasteiger partial charge in [-0.1, -0.05) is 6.07 Å². The van der Waals surface area contributed by atoms with Gasteiger partial charge in [-0.05, 0) is 31.5 Å². The van der Waals surface area contributed by atoms with Crippen LogP contribution < -0.4 is 4.72 Å². The zero-order valence-corrected chi connectivity index (χ0v) is 9.88. The molecule has 6 heteroatoms. The Labute approximate surface area is 94.2 Å². The third-order valence-electron chi connectivity index (χ3n) is 2.02. The van der Waals surface area contributed by atoms with Crippen LogP contribution in [-0.4, -0.2) is 26.2 Å². The molecular weight excluding hydrogens is 233 g/mol. The molecule has 1 rings (SSSR count). The van der Waals surface area contributed by atoms with Gasteiger partial charge < -0.3 is 5.11 Å². The van der Waals surface area contributed by atoms with Crippen LogP contribution in [0, 0.1) is 12.7 Å². The second kappa shape index (κ2) is 4.90. The number of nitrogens with one attached hydrogen (secondary N) is 1. The average molecular weight is 247 g/mol. The third-order valence-corrected chi connectivity index (χ3v) is 3.44. The van der Waals surface area contributed by atoms with Crippen LogP contribution >= 0.6 is 0 Å². The van der Waals surface area contributed by atoms with Gasteiger partial charge in [-0.2, -0.15) is 0 Å². The molecule has 0 aliphatic heterocycles. The fraction of sp³-hybridized carbons (Fsp3) is 0.400. The third kappa shape index (κ3) is 3.26. The first-order valence-electron chi connectivity index (χ1n) is 4.77. The molecular formula is C10H14FNO3S. The molecule has 0 spiro atoms. The van der Waals surface area contributed by atoms with Crippen LogP contribution in [0.4, 0.5) is 4.39 Å². The lowest BCUT2D eigenvalue weighted by Gasteiger charge is -2.08. The van der Waals surface area contributed by atoms with Gasteiger partial charge in [0.05, 0.1) is 11.0 Å². The van der Waals surface area contributed by atoms with Gasteiger partial charge >= 0.3 is 0 Å². The van der Waals surface area contributed by atoms with E-state index in [2.05, 4.69) is 4.72 Å². The minimum atomic E-state index is -3.74. The first-order valence-corrected chi connectivity index (χ1v) is 6.25. The highest BCUT2D eigenvalue weighted by Crippen LogP contribution is 2.13. The van der Waals surface area contributed by atoms with Crippen LogP contribution in [0.15, 0.2) is 23.1 Å². The Morgan fingerprint density at radius 1 is 1.50 bits per heavy atom. The van der Waals surface area contributed by atoms with Gasteiger partial charge in [0.15, 0.2) is 0 Å². The maximum atomic E-state index is 13.2. The lowest BCUT2D eigenvalue weighted by Crippen LogP contribution is -2.30. The summed E-state index contributed by atoms with van der Waals surface area (Å²) in [6.45, 7) is 2.91. The molecule has 1 aromatic carbocycles. The van der Waals surface area contributed by atoms with Gasteiger partial charge in [0.1, 0.15) is 5.82 Å². The lowest BCUT2D eigenvalue weighted by atomic mass is 10.2. The highest BCUT2D eigenvalue weighted by Gasteiger charge is 2.15. The van der Waals surface area contributed by atoms with E-state index in [0.717, 1.165) is 6.07 Å². The summed E-state index contributed by atoms with van der Waals surface area (Å²) < 4.78 is 38.6. The van der Waals surface area contributed by atoms with E-state index in [9.17, 15) is 12.8 Å². The monoisotopic (exact) mass is 247 g/mol. The quantitative estimate of drug-likeness (QED) is 0.826. The number of aliphatic hydroxyl groups excluding tert-OH is 1. The van der Waals surface area contributed by atoms with Crippen LogP contribution in [0.25, 0.3) is 0 Å². The van der Waals surface area contributed by atoms with Gasteiger partial charge in [0.2, 0.25) is 10.0 Å². The first kappa shape index (κ1) is 13.1. The molecule has 1 atom stereocenters. The molecule has 16 heavy (non-hydrogen) atoms. The van der Waals surface area contributed by atoms with Crippen molar-refractivity contribution >= 4 is 10.0 Å². The molecule has 0 radical (unpaired) electrons. The van der Waals surface area contributed by atoms with E-state index in [1.807, 2.05) is 0 Å². The van der Waals surface area contributed by atoms with Crippen LogP contribution in [-0.2, 0) is 10.0 Å². The van der Waals surface area contributed by atoms with Gasteiger partial charge in [-0.3, -0.25) is 0 Å². The normalized spacial score (nSPS) is 13.8. The molecule has 0 aliphatic rings. The molecule has 0 heterocycles. The summed E-state index contributed by atoms with van der Waals surface area (Å²) in [5, 5.41) is 8.96. The highest BCUT2D eigenvalue weighted by atomic mass is 32.2. The van der Waals surface area contributed by atoms with Crippen molar-refractivity contribution in [3.8, 4) is 0 Å². The van der Waals surface area contributed by atoms with Gasteiger partial charge in [0, 0.05) is 6.54 Å². The molecule has 0 amide bonds. The maximum Gasteiger partial charge on any atom is 0.240 e. The number of aryl methyl sites for hydroxylation is 1. The van der Waals surface area contributed by atoms with E-state index in [0.29, 0.717) is 5.56 Å². The predicted octanol–water partition coefficient (Wildman–Crippen LogP) is 0.793. The Balaban J connectivity index is 2.94. The van der Waals surface area contributed by atoms with Gasteiger partial charge in [0.25, 0.3) is 0 Å². The van der Waals surface area contributed by atoms with E-state index in [1.165, 1.54) is 19.1 Å². The summed E-state index contributed by atoms with van der Waals surface area (Å²) in [5.74, 6) is -0.570. The minimum absolute atomic E-state index is 0.0994. The number of sulfonamides is 1. The molecule has 1 aromatic rings. The molecule has 90 valence electrons. The zero-order chi connectivity index (χ0) is 12.3. The zero-order valence-electron chi connectivity index (χ0n) is 9.07. The predicted molar refractivity (Wildman–Crippen MR) is 58.0 cm³/mol. The molecule has 2 N–H and O–H groups in total. The topological polar surface area (TPSA) is 66.4 Å². The Morgan fingerprint density at radius 2 is 2.12 bits per heavy atom. The molecule has 0 saturated heterocycles. The molecule has 0 bridgehead atoms. The average Bonchev–Trinajstić information content (AvgIpc) is 2.19. The van der Waals surface area contributed by atoms with E-state index in [4.69, 9.17) is 5.11 Å². The maximum absolute atomic E-state index is 13.2. The van der Waals surface area contributed by atoms with Crippen molar-refractivity contribution in [2.45, 2.75) is 24.8 Å². The molecule has 1 unspecified atom stereocenters. The lowest BCUT2D eigenvalue weighted by molar-refractivity contribution is 0.198. The molecule has 4 nitrogen and oxygen atoms in total. The fourth-order valence-corrected chi connectivity index (χ4v) is 2.19. The largest absolute Gasteiger partial charge is 0.392 e. The minimum Gasteiger partial charge on any atom is -0.392 e. The van der Waals surface area contributed by atoms with Crippen molar-refractivity contribution in [2.75, 3.05) is 6.54 Å². The number of benzene rings is 1. The van der Waals surface area contributed by atoms with Crippen molar-refractivity contribution in [1.82, 2.24) is 4.72 Å². The van der Waals surface area contributed by atoms with E-state index in [-0.39, 0.29) is 11.4 Å². The number of hydrogen-bond acceptors (Lipinski definition) is 3. The van der Waals surface area contributed by atoms with Crippen LogP contribution in [0.5, 0.6) is 0 Å². The summed E-state index contributed by atoms with van der Waals surface area (Å²) in [7, 11) is -3.74. The number of halogens is 1. The van der Waals surface area contributed by atoms with Gasteiger partial charge in [-0.15, -0.1) is 0 Å². The van der Waals surface area contributed by atoms with Crippen molar-refractivity contribution in [3.05, 3.63) is 29.6 Å². The standard InChI is InChI=1S/C10H14FNO3S/c1-7-3-4-9(5-10(7)11)16(14,15)12-6-8(2)13/h3-5,8,12-13H,6H2,1-2H3. The summed E-state index contributed by atoms with van der Waals surface area (Å²) in [6, 6.07) is 3.68. The first-order chi connectivity index (χ1) is 7.33. The van der Waals surface area contributed by atoms with Crippen molar-refractivity contribution in [3.63, 3.8) is 0 Å². The van der Waals surface area contributed by atoms with Crippen molar-refractivity contribution < 1.29 is 17.9 Å². The van der Waals surface area contributed by atoms with Crippen LogP contribution in [0.2, 0.25) is 0 Å². The Bertz CT molecular complexity index is 471. The van der Waals surface area contributed by atoms with E-state index >= 15 is 0 Å². The van der Waals surface area contributed by atoms with Crippen molar-refractivity contribution in [1.29, 1.82) is 0 Å². The molecule has 0 saturated carbocycles. The molecule has 0 aliphatic carbocycles. The highest BCUT2D eigenvalue weighted by molar-refractivity contribution is 7.89. The number of aliphatic hydroxyl groups is 1. The Morgan fingerprint density at radius 3 is 2.62 bits per heavy atom. The Kier molecular flexibility index (Phi) is 4.01. The van der Waals surface area contributed by atoms with E-state index in [1.54, 1.807) is 6.92 Å². The summed E-state index contributed by atoms with van der Waals surface area (Å²) >= 11 is 0. The molecule has 0 fully saturated rings.